The first kappa shape index (κ1) is 14.0. The minimum Gasteiger partial charge on any atom is -0.464 e. The summed E-state index contributed by atoms with van der Waals surface area (Å²) in [6.45, 7) is 2.56. The molecule has 0 aliphatic rings. The number of nitrogen functional groups attached to an aromatic ring is 1. The van der Waals surface area contributed by atoms with E-state index in [1.54, 1.807) is 12.1 Å². The van der Waals surface area contributed by atoms with Crippen LogP contribution >= 0.6 is 0 Å². The van der Waals surface area contributed by atoms with Gasteiger partial charge in [-0.05, 0) is 18.6 Å². The van der Waals surface area contributed by atoms with E-state index in [1.807, 2.05) is 19.1 Å². The molecule has 0 amide bonds. The molecule has 106 valence electrons. The maximum atomic E-state index is 11.6. The maximum Gasteiger partial charge on any atom is 0.327 e. The monoisotopic (exact) mass is 274 g/mol. The first-order chi connectivity index (χ1) is 9.69. The number of nitrogens with zero attached hydrogens (tertiary/aromatic N) is 3. The van der Waals surface area contributed by atoms with E-state index in [0.717, 1.165) is 18.4 Å². The number of nitrogens with two attached hydrogens (primary N) is 1. The molecule has 0 saturated heterocycles. The van der Waals surface area contributed by atoms with Crippen LogP contribution in [-0.4, -0.2) is 27.3 Å². The van der Waals surface area contributed by atoms with Crippen LogP contribution in [0, 0.1) is 0 Å². The molecule has 0 saturated carbocycles. The van der Waals surface area contributed by atoms with E-state index in [2.05, 4.69) is 10.1 Å². The Hall–Kier alpha value is -2.37. The highest BCUT2D eigenvalue weighted by molar-refractivity contribution is 5.69. The summed E-state index contributed by atoms with van der Waals surface area (Å²) in [6, 6.07) is 7.30. The molecule has 20 heavy (non-hydrogen) atoms. The van der Waals surface area contributed by atoms with E-state index in [0.29, 0.717) is 18.1 Å². The lowest BCUT2D eigenvalue weighted by atomic mass is 10.2. The molecule has 0 aliphatic carbocycles. The van der Waals surface area contributed by atoms with Crippen molar-refractivity contribution in [3.8, 4) is 11.4 Å². The molecule has 2 N–H and O–H groups in total. The first-order valence-corrected chi connectivity index (χ1v) is 6.60. The number of hydrogen-bond donors (Lipinski definition) is 1. The second kappa shape index (κ2) is 6.70. The zero-order valence-electron chi connectivity index (χ0n) is 11.5. The van der Waals surface area contributed by atoms with E-state index in [-0.39, 0.29) is 12.5 Å². The summed E-state index contributed by atoms with van der Waals surface area (Å²) in [6.07, 6.45) is 3.38. The van der Waals surface area contributed by atoms with Crippen LogP contribution < -0.4 is 5.73 Å². The summed E-state index contributed by atoms with van der Waals surface area (Å²) in [5, 5.41) is 4.24. The Morgan fingerprint density at radius 2 is 2.30 bits per heavy atom. The SMILES string of the molecule is CCCCOC(=O)Cn1cnc(-c2cccc(N)c2)n1. The lowest BCUT2D eigenvalue weighted by Crippen LogP contribution is -2.14. The van der Waals surface area contributed by atoms with Crippen LogP contribution in [0.3, 0.4) is 0 Å². The Labute approximate surface area is 117 Å². The van der Waals surface area contributed by atoms with Gasteiger partial charge in [-0.15, -0.1) is 0 Å². The van der Waals surface area contributed by atoms with Crippen LogP contribution in [0.5, 0.6) is 0 Å². The zero-order valence-corrected chi connectivity index (χ0v) is 11.5. The molecule has 6 nitrogen and oxygen atoms in total. The Balaban J connectivity index is 1.97. The second-order valence-electron chi connectivity index (χ2n) is 4.47. The molecule has 0 bridgehead atoms. The van der Waals surface area contributed by atoms with Gasteiger partial charge in [-0.1, -0.05) is 25.5 Å². The van der Waals surface area contributed by atoms with Gasteiger partial charge >= 0.3 is 5.97 Å². The topological polar surface area (TPSA) is 83.0 Å². The van der Waals surface area contributed by atoms with Crippen molar-refractivity contribution in [3.05, 3.63) is 30.6 Å². The fourth-order valence-electron chi connectivity index (χ4n) is 1.69. The Bertz CT molecular complexity index is 580. The summed E-state index contributed by atoms with van der Waals surface area (Å²) in [7, 11) is 0. The second-order valence-corrected chi connectivity index (χ2v) is 4.47. The molecule has 6 heteroatoms. The highest BCUT2D eigenvalue weighted by atomic mass is 16.5. The van der Waals surface area contributed by atoms with Crippen LogP contribution in [0.25, 0.3) is 11.4 Å². The Morgan fingerprint density at radius 3 is 3.05 bits per heavy atom. The van der Waals surface area contributed by atoms with Gasteiger partial charge in [0.25, 0.3) is 0 Å². The van der Waals surface area contributed by atoms with Crippen molar-refractivity contribution in [1.82, 2.24) is 14.8 Å². The smallest absolute Gasteiger partial charge is 0.327 e. The predicted molar refractivity (Wildman–Crippen MR) is 75.7 cm³/mol. The fraction of sp³-hybridized carbons (Fsp3) is 0.357. The molecule has 0 atom stereocenters. The van der Waals surface area contributed by atoms with Crippen molar-refractivity contribution in [1.29, 1.82) is 0 Å². The number of aromatic nitrogens is 3. The average Bonchev–Trinajstić information content (AvgIpc) is 2.87. The lowest BCUT2D eigenvalue weighted by Gasteiger charge is -2.03. The van der Waals surface area contributed by atoms with Crippen molar-refractivity contribution in [2.24, 2.45) is 0 Å². The van der Waals surface area contributed by atoms with Crippen LogP contribution in [0.15, 0.2) is 30.6 Å². The van der Waals surface area contributed by atoms with Gasteiger partial charge in [-0.25, -0.2) is 9.67 Å². The summed E-state index contributed by atoms with van der Waals surface area (Å²) in [5.41, 5.74) is 7.19. The molecule has 1 aromatic carbocycles. The standard InChI is InChI=1S/C14H18N4O2/c1-2-3-7-20-13(19)9-18-10-16-14(17-18)11-5-4-6-12(15)8-11/h4-6,8,10H,2-3,7,9,15H2,1H3. The molecule has 1 aromatic heterocycles. The summed E-state index contributed by atoms with van der Waals surface area (Å²) < 4.78 is 6.54. The number of unbranched alkanes of at least 4 members (excludes halogenated alkanes) is 1. The van der Waals surface area contributed by atoms with E-state index in [1.165, 1.54) is 11.0 Å². The van der Waals surface area contributed by atoms with Crippen molar-refractivity contribution >= 4 is 11.7 Å². The highest BCUT2D eigenvalue weighted by Crippen LogP contribution is 2.16. The third kappa shape index (κ3) is 3.81. The Kier molecular flexibility index (Phi) is 4.70. The number of hydrogen-bond acceptors (Lipinski definition) is 5. The van der Waals surface area contributed by atoms with Gasteiger partial charge in [-0.3, -0.25) is 4.79 Å². The van der Waals surface area contributed by atoms with E-state index >= 15 is 0 Å². The molecule has 0 fully saturated rings. The minimum absolute atomic E-state index is 0.0685. The van der Waals surface area contributed by atoms with Gasteiger partial charge in [0, 0.05) is 11.3 Å². The minimum atomic E-state index is -0.303. The average molecular weight is 274 g/mol. The largest absolute Gasteiger partial charge is 0.464 e. The molecule has 1 heterocycles. The fourth-order valence-corrected chi connectivity index (χ4v) is 1.69. The summed E-state index contributed by atoms with van der Waals surface area (Å²) in [5.74, 6) is 0.237. The van der Waals surface area contributed by atoms with Crippen molar-refractivity contribution in [2.75, 3.05) is 12.3 Å². The van der Waals surface area contributed by atoms with Crippen LogP contribution in [0.2, 0.25) is 0 Å². The van der Waals surface area contributed by atoms with E-state index in [4.69, 9.17) is 10.5 Å². The molecule has 0 unspecified atom stereocenters. The first-order valence-electron chi connectivity index (χ1n) is 6.60. The molecular formula is C14H18N4O2. The molecule has 0 radical (unpaired) electrons. The van der Waals surface area contributed by atoms with Crippen molar-refractivity contribution < 1.29 is 9.53 Å². The molecule has 2 rings (SSSR count). The van der Waals surface area contributed by atoms with Crippen LogP contribution in [0.1, 0.15) is 19.8 Å². The number of anilines is 1. The summed E-state index contributed by atoms with van der Waals surface area (Å²) in [4.78, 5) is 15.7. The normalized spacial score (nSPS) is 10.4. The third-order valence-corrected chi connectivity index (χ3v) is 2.73. The number of carbonyl (C=O) groups is 1. The van der Waals surface area contributed by atoms with Crippen molar-refractivity contribution in [2.45, 2.75) is 26.3 Å². The van der Waals surface area contributed by atoms with E-state index in [9.17, 15) is 4.79 Å². The lowest BCUT2D eigenvalue weighted by molar-refractivity contribution is -0.144. The molecular weight excluding hydrogens is 256 g/mol. The highest BCUT2D eigenvalue weighted by Gasteiger charge is 2.08. The van der Waals surface area contributed by atoms with Crippen LogP contribution in [0.4, 0.5) is 5.69 Å². The van der Waals surface area contributed by atoms with E-state index < -0.39 is 0 Å². The third-order valence-electron chi connectivity index (χ3n) is 2.73. The van der Waals surface area contributed by atoms with Gasteiger partial charge < -0.3 is 10.5 Å². The van der Waals surface area contributed by atoms with Gasteiger partial charge in [0.05, 0.1) is 6.61 Å². The molecule has 0 aliphatic heterocycles. The van der Waals surface area contributed by atoms with Crippen LogP contribution in [-0.2, 0) is 16.1 Å². The van der Waals surface area contributed by atoms with Crippen molar-refractivity contribution in [3.63, 3.8) is 0 Å². The number of rotatable bonds is 6. The van der Waals surface area contributed by atoms with Gasteiger partial charge in [0.1, 0.15) is 12.9 Å². The van der Waals surface area contributed by atoms with Gasteiger partial charge in [0.2, 0.25) is 0 Å². The molecule has 2 aromatic rings. The predicted octanol–water partition coefficient (Wildman–Crippen LogP) is 1.87. The van der Waals surface area contributed by atoms with Gasteiger partial charge in [0.15, 0.2) is 5.82 Å². The maximum absolute atomic E-state index is 11.6. The summed E-state index contributed by atoms with van der Waals surface area (Å²) >= 11 is 0. The number of benzene rings is 1. The van der Waals surface area contributed by atoms with Gasteiger partial charge in [-0.2, -0.15) is 5.10 Å². The zero-order chi connectivity index (χ0) is 14.4. The Morgan fingerprint density at radius 1 is 1.45 bits per heavy atom. The molecule has 0 spiro atoms. The number of ether oxygens (including phenoxy) is 1. The number of esters is 1. The number of carbonyl (C=O) groups excluding carboxylic acids is 1. The quantitative estimate of drug-likeness (QED) is 0.494.